The molecule has 2 aromatic carbocycles. The lowest BCUT2D eigenvalue weighted by atomic mass is 10.0. The molecule has 0 aliphatic rings. The highest BCUT2D eigenvalue weighted by molar-refractivity contribution is 5.96. The average Bonchev–Trinajstić information content (AvgIpc) is 2.89. The van der Waals surface area contributed by atoms with Gasteiger partial charge >= 0.3 is 0 Å². The Balaban J connectivity index is 2.26. The molecule has 0 fully saturated rings. The third-order valence-corrected chi connectivity index (χ3v) is 3.25. The number of ether oxygens (including phenoxy) is 2. The Kier molecular flexibility index (Phi) is 2.99. The summed E-state index contributed by atoms with van der Waals surface area (Å²) >= 11 is 0. The van der Waals surface area contributed by atoms with Crippen molar-refractivity contribution in [3.63, 3.8) is 0 Å². The van der Waals surface area contributed by atoms with Crippen molar-refractivity contribution in [2.45, 2.75) is 0 Å². The monoisotopic (exact) mass is 270 g/mol. The second kappa shape index (κ2) is 4.81. The summed E-state index contributed by atoms with van der Waals surface area (Å²) in [7, 11) is 3.23. The molecule has 0 radical (unpaired) electrons. The van der Waals surface area contributed by atoms with Crippen LogP contribution in [0.15, 0.2) is 47.1 Å². The lowest BCUT2D eigenvalue weighted by Crippen LogP contribution is -1.89. The van der Waals surface area contributed by atoms with Crippen LogP contribution in [0.4, 0.5) is 0 Å². The summed E-state index contributed by atoms with van der Waals surface area (Å²) in [6.07, 6.45) is 1.65. The van der Waals surface area contributed by atoms with Crippen molar-refractivity contribution in [1.29, 1.82) is 0 Å². The first-order chi connectivity index (χ1) is 9.72. The number of hydrogen-bond donors (Lipinski definition) is 1. The molecule has 0 aliphatic carbocycles. The van der Waals surface area contributed by atoms with E-state index >= 15 is 0 Å². The second-order valence-corrected chi connectivity index (χ2v) is 4.40. The molecular weight excluding hydrogens is 256 g/mol. The molecule has 20 heavy (non-hydrogen) atoms. The number of phenolic OH excluding ortho intramolecular Hbond substituents is 1. The van der Waals surface area contributed by atoms with Gasteiger partial charge in [-0.1, -0.05) is 0 Å². The molecule has 1 N–H and O–H groups in total. The maximum Gasteiger partial charge on any atom is 0.134 e. The SMILES string of the molecule is COc1ccc(OC)c(-c2coc3ccc(O)cc23)c1. The van der Waals surface area contributed by atoms with Crippen molar-refractivity contribution >= 4 is 11.0 Å². The largest absolute Gasteiger partial charge is 0.508 e. The van der Waals surface area contributed by atoms with E-state index in [1.54, 1.807) is 38.7 Å². The van der Waals surface area contributed by atoms with E-state index in [0.717, 1.165) is 28.0 Å². The Morgan fingerprint density at radius 2 is 1.80 bits per heavy atom. The molecule has 4 heteroatoms. The fourth-order valence-corrected chi connectivity index (χ4v) is 2.25. The predicted molar refractivity (Wildman–Crippen MR) is 76.4 cm³/mol. The minimum absolute atomic E-state index is 0.196. The van der Waals surface area contributed by atoms with Crippen molar-refractivity contribution < 1.29 is 19.0 Å². The molecule has 1 aromatic heterocycles. The van der Waals surface area contributed by atoms with Crippen LogP contribution in [0.3, 0.4) is 0 Å². The highest BCUT2D eigenvalue weighted by atomic mass is 16.5. The topological polar surface area (TPSA) is 51.8 Å². The number of furan rings is 1. The highest BCUT2D eigenvalue weighted by Crippen LogP contribution is 2.39. The fourth-order valence-electron chi connectivity index (χ4n) is 2.25. The smallest absolute Gasteiger partial charge is 0.134 e. The molecule has 0 saturated heterocycles. The normalized spacial score (nSPS) is 10.7. The zero-order valence-electron chi connectivity index (χ0n) is 11.2. The van der Waals surface area contributed by atoms with Gasteiger partial charge in [0, 0.05) is 16.5 Å². The molecule has 0 aliphatic heterocycles. The number of aromatic hydroxyl groups is 1. The van der Waals surface area contributed by atoms with Gasteiger partial charge in [-0.05, 0) is 36.4 Å². The molecule has 0 amide bonds. The summed E-state index contributed by atoms with van der Waals surface area (Å²) in [6, 6.07) is 10.6. The molecule has 0 bridgehead atoms. The van der Waals surface area contributed by atoms with Crippen LogP contribution in [0.1, 0.15) is 0 Å². The van der Waals surface area contributed by atoms with Gasteiger partial charge in [-0.3, -0.25) is 0 Å². The number of methoxy groups -OCH3 is 2. The van der Waals surface area contributed by atoms with Crippen LogP contribution in [0, 0.1) is 0 Å². The van der Waals surface area contributed by atoms with E-state index in [1.165, 1.54) is 0 Å². The van der Waals surface area contributed by atoms with Crippen molar-refractivity contribution in [2.75, 3.05) is 14.2 Å². The van der Waals surface area contributed by atoms with E-state index < -0.39 is 0 Å². The molecule has 0 saturated carbocycles. The summed E-state index contributed by atoms with van der Waals surface area (Å²) in [4.78, 5) is 0. The molecule has 102 valence electrons. The summed E-state index contributed by atoms with van der Waals surface area (Å²) in [5.74, 6) is 1.65. The molecule has 0 spiro atoms. The maximum absolute atomic E-state index is 9.65. The van der Waals surface area contributed by atoms with Crippen molar-refractivity contribution in [3.05, 3.63) is 42.7 Å². The Labute approximate surface area is 116 Å². The van der Waals surface area contributed by atoms with Gasteiger partial charge in [0.25, 0.3) is 0 Å². The van der Waals surface area contributed by atoms with E-state index in [4.69, 9.17) is 13.9 Å². The van der Waals surface area contributed by atoms with Crippen molar-refractivity contribution in [3.8, 4) is 28.4 Å². The van der Waals surface area contributed by atoms with Gasteiger partial charge in [0.15, 0.2) is 0 Å². The molecule has 3 rings (SSSR count). The third kappa shape index (κ3) is 1.95. The lowest BCUT2D eigenvalue weighted by molar-refractivity contribution is 0.404. The van der Waals surface area contributed by atoms with Crippen LogP contribution in [0.2, 0.25) is 0 Å². The van der Waals surface area contributed by atoms with Crippen LogP contribution in [0.5, 0.6) is 17.2 Å². The minimum Gasteiger partial charge on any atom is -0.508 e. The van der Waals surface area contributed by atoms with Crippen LogP contribution in [0.25, 0.3) is 22.1 Å². The van der Waals surface area contributed by atoms with Crippen LogP contribution < -0.4 is 9.47 Å². The molecule has 3 aromatic rings. The minimum atomic E-state index is 0.196. The average molecular weight is 270 g/mol. The van der Waals surface area contributed by atoms with Gasteiger partial charge in [-0.25, -0.2) is 0 Å². The van der Waals surface area contributed by atoms with E-state index in [-0.39, 0.29) is 5.75 Å². The first-order valence-electron chi connectivity index (χ1n) is 6.15. The number of hydrogen-bond acceptors (Lipinski definition) is 4. The molecule has 0 unspecified atom stereocenters. The Morgan fingerprint density at radius 1 is 0.950 bits per heavy atom. The Bertz CT molecular complexity index is 758. The van der Waals surface area contributed by atoms with Crippen LogP contribution in [-0.4, -0.2) is 19.3 Å². The molecule has 1 heterocycles. The summed E-state index contributed by atoms with van der Waals surface area (Å²) in [6.45, 7) is 0. The van der Waals surface area contributed by atoms with Gasteiger partial charge in [0.2, 0.25) is 0 Å². The van der Waals surface area contributed by atoms with Crippen molar-refractivity contribution in [1.82, 2.24) is 0 Å². The molecule has 4 nitrogen and oxygen atoms in total. The quantitative estimate of drug-likeness (QED) is 0.786. The predicted octanol–water partition coefficient (Wildman–Crippen LogP) is 3.82. The van der Waals surface area contributed by atoms with E-state index in [9.17, 15) is 5.11 Å². The zero-order valence-corrected chi connectivity index (χ0v) is 11.2. The zero-order chi connectivity index (χ0) is 14.1. The van der Waals surface area contributed by atoms with E-state index in [2.05, 4.69) is 0 Å². The Morgan fingerprint density at radius 3 is 2.55 bits per heavy atom. The summed E-state index contributed by atoms with van der Waals surface area (Å²) in [5, 5.41) is 10.5. The second-order valence-electron chi connectivity index (χ2n) is 4.40. The summed E-state index contributed by atoms with van der Waals surface area (Å²) in [5.41, 5.74) is 2.42. The molecular formula is C16H14O4. The first kappa shape index (κ1) is 12.4. The fraction of sp³-hybridized carbons (Fsp3) is 0.125. The van der Waals surface area contributed by atoms with Crippen molar-refractivity contribution in [2.24, 2.45) is 0 Å². The number of fused-ring (bicyclic) bond motifs is 1. The van der Waals surface area contributed by atoms with Gasteiger partial charge in [-0.2, -0.15) is 0 Å². The highest BCUT2D eigenvalue weighted by Gasteiger charge is 2.14. The van der Waals surface area contributed by atoms with Crippen LogP contribution >= 0.6 is 0 Å². The van der Waals surface area contributed by atoms with Gasteiger partial charge in [0.05, 0.1) is 20.5 Å². The molecule has 0 atom stereocenters. The van der Waals surface area contributed by atoms with Crippen LogP contribution in [-0.2, 0) is 0 Å². The van der Waals surface area contributed by atoms with Gasteiger partial charge in [-0.15, -0.1) is 0 Å². The standard InChI is InChI=1S/C16H14O4/c1-18-11-4-6-15(19-2)13(8-11)14-9-20-16-5-3-10(17)7-12(14)16/h3-9,17H,1-2H3. The lowest BCUT2D eigenvalue weighted by Gasteiger charge is -2.09. The Hall–Kier alpha value is -2.62. The van der Waals surface area contributed by atoms with E-state index in [0.29, 0.717) is 5.58 Å². The number of benzene rings is 2. The maximum atomic E-state index is 9.65. The van der Waals surface area contributed by atoms with E-state index in [1.807, 2.05) is 18.2 Å². The number of rotatable bonds is 3. The first-order valence-corrected chi connectivity index (χ1v) is 6.15. The third-order valence-electron chi connectivity index (χ3n) is 3.25. The number of phenols is 1. The van der Waals surface area contributed by atoms with Gasteiger partial charge < -0.3 is 19.0 Å². The van der Waals surface area contributed by atoms with Gasteiger partial charge in [0.1, 0.15) is 22.8 Å². The summed E-state index contributed by atoms with van der Waals surface area (Å²) < 4.78 is 16.2.